The van der Waals surface area contributed by atoms with E-state index in [1.165, 1.54) is 25.7 Å². The van der Waals surface area contributed by atoms with Gasteiger partial charge in [-0.05, 0) is 39.5 Å². The molecular weight excluding hydrogens is 249 g/mol. The van der Waals surface area contributed by atoms with Gasteiger partial charge >= 0.3 is 0 Å². The average Bonchev–Trinajstić information content (AvgIpc) is 2.01. The lowest BCUT2D eigenvalue weighted by Crippen LogP contribution is -2.53. The van der Waals surface area contributed by atoms with E-state index in [0.717, 1.165) is 3.92 Å². The van der Waals surface area contributed by atoms with E-state index in [9.17, 15) is 0 Å². The Morgan fingerprint density at radius 3 is 2.09 bits per heavy atom. The third kappa shape index (κ3) is 1.44. The molecule has 0 saturated carbocycles. The molecule has 2 fully saturated rings. The molecule has 2 rings (SSSR count). The van der Waals surface area contributed by atoms with Crippen molar-refractivity contribution in [1.82, 2.24) is 5.32 Å². The predicted octanol–water partition coefficient (Wildman–Crippen LogP) is 2.48. The number of rotatable bonds is 0. The van der Waals surface area contributed by atoms with Gasteiger partial charge in [-0.1, -0.05) is 22.6 Å². The average molecular weight is 265 g/mol. The van der Waals surface area contributed by atoms with E-state index in [-0.39, 0.29) is 0 Å². The molecule has 2 bridgehead atoms. The van der Waals surface area contributed by atoms with Crippen LogP contribution in [0.4, 0.5) is 0 Å². The Bertz CT molecular complexity index is 164. The van der Waals surface area contributed by atoms with Crippen LogP contribution in [-0.2, 0) is 0 Å². The molecule has 1 N–H and O–H groups in total. The number of fused-ring (bicyclic) bond motifs is 2. The fourth-order valence-corrected chi connectivity index (χ4v) is 4.71. The minimum Gasteiger partial charge on any atom is -0.306 e. The highest BCUT2D eigenvalue weighted by molar-refractivity contribution is 14.1. The minimum absolute atomic E-state index is 0.471. The number of halogens is 1. The van der Waals surface area contributed by atoms with Crippen LogP contribution < -0.4 is 5.32 Å². The van der Waals surface area contributed by atoms with E-state index in [0.29, 0.717) is 11.1 Å². The Kier molecular flexibility index (Phi) is 1.77. The molecule has 0 aromatic rings. The summed E-state index contributed by atoms with van der Waals surface area (Å²) in [5.74, 6) is 0. The number of hydrogen-bond acceptors (Lipinski definition) is 1. The van der Waals surface area contributed by atoms with E-state index in [2.05, 4.69) is 41.8 Å². The molecule has 0 aromatic heterocycles. The van der Waals surface area contributed by atoms with Gasteiger partial charge in [0.1, 0.15) is 0 Å². The Balaban J connectivity index is 2.21. The van der Waals surface area contributed by atoms with Crippen LogP contribution in [0.1, 0.15) is 39.5 Å². The van der Waals surface area contributed by atoms with E-state index in [1.54, 1.807) is 0 Å². The van der Waals surface area contributed by atoms with Gasteiger partial charge in [-0.25, -0.2) is 0 Å². The van der Waals surface area contributed by atoms with Crippen LogP contribution in [0.2, 0.25) is 0 Å². The van der Waals surface area contributed by atoms with Gasteiger partial charge < -0.3 is 5.32 Å². The van der Waals surface area contributed by atoms with E-state index >= 15 is 0 Å². The molecular formula is C9H16IN. The molecule has 2 unspecified atom stereocenters. The van der Waals surface area contributed by atoms with Crippen LogP contribution in [0.5, 0.6) is 0 Å². The Hall–Kier alpha value is 0.690. The zero-order chi connectivity index (χ0) is 8.11. The molecule has 0 amide bonds. The number of alkyl halides is 1. The summed E-state index contributed by atoms with van der Waals surface area (Å²) in [7, 11) is 0. The molecule has 0 aliphatic carbocycles. The summed E-state index contributed by atoms with van der Waals surface area (Å²) in [6.07, 6.45) is 5.48. The van der Waals surface area contributed by atoms with Crippen molar-refractivity contribution >= 4 is 22.6 Å². The Labute approximate surface area is 82.5 Å². The lowest BCUT2D eigenvalue weighted by molar-refractivity contribution is 0.246. The SMILES string of the molecule is CC12CCC(C)(CC(I)C1)N2. The smallest absolute Gasteiger partial charge is 0.0169 e. The van der Waals surface area contributed by atoms with Gasteiger partial charge in [-0.2, -0.15) is 0 Å². The maximum absolute atomic E-state index is 3.77. The Morgan fingerprint density at radius 2 is 1.64 bits per heavy atom. The number of piperidine rings is 1. The molecule has 2 heterocycles. The van der Waals surface area contributed by atoms with Crippen molar-refractivity contribution < 1.29 is 0 Å². The highest BCUT2D eigenvalue weighted by atomic mass is 127. The molecule has 2 aliphatic rings. The zero-order valence-corrected chi connectivity index (χ0v) is 9.44. The second kappa shape index (κ2) is 2.34. The maximum atomic E-state index is 3.77. The van der Waals surface area contributed by atoms with Gasteiger partial charge in [-0.3, -0.25) is 0 Å². The summed E-state index contributed by atoms with van der Waals surface area (Å²) in [5.41, 5.74) is 0.942. The van der Waals surface area contributed by atoms with Crippen LogP contribution >= 0.6 is 22.6 Å². The molecule has 2 heteroatoms. The predicted molar refractivity (Wildman–Crippen MR) is 56.2 cm³/mol. The second-order valence-electron chi connectivity index (χ2n) is 4.75. The molecule has 0 aromatic carbocycles. The fraction of sp³-hybridized carbons (Fsp3) is 1.00. The first-order valence-corrected chi connectivity index (χ1v) is 5.69. The van der Waals surface area contributed by atoms with Gasteiger partial charge in [0, 0.05) is 15.0 Å². The minimum atomic E-state index is 0.471. The first-order valence-electron chi connectivity index (χ1n) is 4.45. The van der Waals surface area contributed by atoms with Crippen molar-refractivity contribution in [2.24, 2.45) is 0 Å². The normalized spacial score (nSPS) is 56.5. The molecule has 2 aliphatic heterocycles. The summed E-state index contributed by atoms with van der Waals surface area (Å²) in [5, 5.41) is 3.77. The molecule has 11 heavy (non-hydrogen) atoms. The summed E-state index contributed by atoms with van der Waals surface area (Å²) >= 11 is 2.61. The summed E-state index contributed by atoms with van der Waals surface area (Å²) < 4.78 is 0.895. The van der Waals surface area contributed by atoms with Gasteiger partial charge in [0.15, 0.2) is 0 Å². The van der Waals surface area contributed by atoms with Crippen LogP contribution in [0.25, 0.3) is 0 Å². The van der Waals surface area contributed by atoms with Crippen molar-refractivity contribution in [2.45, 2.75) is 54.5 Å². The molecule has 1 nitrogen and oxygen atoms in total. The summed E-state index contributed by atoms with van der Waals surface area (Å²) in [6.45, 7) is 4.76. The molecule has 0 spiro atoms. The largest absolute Gasteiger partial charge is 0.306 e. The van der Waals surface area contributed by atoms with Crippen LogP contribution in [-0.4, -0.2) is 15.0 Å². The summed E-state index contributed by atoms with van der Waals surface area (Å²) in [6, 6.07) is 0. The van der Waals surface area contributed by atoms with Gasteiger partial charge in [-0.15, -0.1) is 0 Å². The number of hydrogen-bond donors (Lipinski definition) is 1. The standard InChI is InChI=1S/C9H16IN/c1-8-3-4-9(2,11-8)6-7(10)5-8/h7,11H,3-6H2,1-2H3. The fourth-order valence-electron chi connectivity index (χ4n) is 2.76. The van der Waals surface area contributed by atoms with Gasteiger partial charge in [0.2, 0.25) is 0 Å². The highest BCUT2D eigenvalue weighted by Gasteiger charge is 2.47. The lowest BCUT2D eigenvalue weighted by atomic mass is 9.89. The highest BCUT2D eigenvalue weighted by Crippen LogP contribution is 2.44. The molecule has 0 radical (unpaired) electrons. The molecule has 64 valence electrons. The van der Waals surface area contributed by atoms with Crippen molar-refractivity contribution in [3.05, 3.63) is 0 Å². The van der Waals surface area contributed by atoms with Crippen molar-refractivity contribution in [2.75, 3.05) is 0 Å². The van der Waals surface area contributed by atoms with Crippen molar-refractivity contribution in [1.29, 1.82) is 0 Å². The number of nitrogens with one attached hydrogen (secondary N) is 1. The van der Waals surface area contributed by atoms with Crippen molar-refractivity contribution in [3.63, 3.8) is 0 Å². The first kappa shape index (κ1) is 8.30. The zero-order valence-electron chi connectivity index (χ0n) is 7.28. The maximum Gasteiger partial charge on any atom is 0.0169 e. The van der Waals surface area contributed by atoms with Crippen LogP contribution in [0, 0.1) is 0 Å². The summed E-state index contributed by atoms with van der Waals surface area (Å²) in [4.78, 5) is 0. The third-order valence-electron chi connectivity index (χ3n) is 3.18. The van der Waals surface area contributed by atoms with Gasteiger partial charge in [0.05, 0.1) is 0 Å². The van der Waals surface area contributed by atoms with Crippen LogP contribution in [0.15, 0.2) is 0 Å². The van der Waals surface area contributed by atoms with E-state index < -0.39 is 0 Å². The second-order valence-corrected chi connectivity index (χ2v) is 6.51. The van der Waals surface area contributed by atoms with E-state index in [4.69, 9.17) is 0 Å². The first-order chi connectivity index (χ1) is 5.02. The quantitative estimate of drug-likeness (QED) is 0.524. The monoisotopic (exact) mass is 265 g/mol. The van der Waals surface area contributed by atoms with Gasteiger partial charge in [0.25, 0.3) is 0 Å². The Morgan fingerprint density at radius 1 is 1.18 bits per heavy atom. The molecule has 2 atom stereocenters. The van der Waals surface area contributed by atoms with E-state index in [1.807, 2.05) is 0 Å². The lowest BCUT2D eigenvalue weighted by Gasteiger charge is -2.39. The topological polar surface area (TPSA) is 12.0 Å². The van der Waals surface area contributed by atoms with Crippen LogP contribution in [0.3, 0.4) is 0 Å². The van der Waals surface area contributed by atoms with Crippen molar-refractivity contribution in [3.8, 4) is 0 Å². The third-order valence-corrected chi connectivity index (χ3v) is 4.06. The molecule has 2 saturated heterocycles.